The highest BCUT2D eigenvalue weighted by molar-refractivity contribution is 7.15. The van der Waals surface area contributed by atoms with Crippen LogP contribution in [0.1, 0.15) is 16.7 Å². The van der Waals surface area contributed by atoms with Crippen molar-refractivity contribution in [2.45, 2.75) is 18.7 Å². The number of nitrogen functional groups attached to an aromatic ring is 1. The number of carbonyl (C=O) groups excluding carboxylic acids is 1. The van der Waals surface area contributed by atoms with Gasteiger partial charge in [0.2, 0.25) is 11.0 Å². The molecule has 0 bridgehead atoms. The second-order valence-electron chi connectivity index (χ2n) is 4.78. The van der Waals surface area contributed by atoms with E-state index in [9.17, 15) is 18.0 Å². The molecule has 2 rings (SSSR count). The normalized spacial score (nSPS) is 12.8. The van der Waals surface area contributed by atoms with Gasteiger partial charge in [-0.2, -0.15) is 13.2 Å². The highest BCUT2D eigenvalue weighted by atomic mass is 32.1. The van der Waals surface area contributed by atoms with Gasteiger partial charge in [-0.3, -0.25) is 4.79 Å². The molecule has 2 aromatic rings. The summed E-state index contributed by atoms with van der Waals surface area (Å²) in [5.74, 6) is -0.641. The SMILES string of the molecule is Nc1nnc(CCNC(=O)COC(c2ccccc2)C(F)(F)F)s1. The number of halogens is 3. The molecule has 0 aliphatic carbocycles. The molecule has 0 fully saturated rings. The van der Waals surface area contributed by atoms with Crippen molar-refractivity contribution >= 4 is 22.4 Å². The summed E-state index contributed by atoms with van der Waals surface area (Å²) >= 11 is 1.18. The van der Waals surface area contributed by atoms with Gasteiger partial charge in [0.25, 0.3) is 0 Å². The van der Waals surface area contributed by atoms with Crippen LogP contribution in [0.5, 0.6) is 0 Å². The van der Waals surface area contributed by atoms with E-state index in [1.807, 2.05) is 0 Å². The Hall–Kier alpha value is -2.20. The van der Waals surface area contributed by atoms with Crippen molar-refractivity contribution in [3.05, 3.63) is 40.9 Å². The first-order valence-corrected chi connectivity index (χ1v) is 7.75. The predicted octanol–water partition coefficient (Wildman–Crippen LogP) is 2.10. The number of carbonyl (C=O) groups is 1. The molecular formula is C14H15F3N4O2S. The largest absolute Gasteiger partial charge is 0.418 e. The van der Waals surface area contributed by atoms with Crippen molar-refractivity contribution in [3.63, 3.8) is 0 Å². The quantitative estimate of drug-likeness (QED) is 0.789. The van der Waals surface area contributed by atoms with Crippen molar-refractivity contribution in [1.82, 2.24) is 15.5 Å². The molecular weight excluding hydrogens is 345 g/mol. The van der Waals surface area contributed by atoms with E-state index < -0.39 is 24.8 Å². The van der Waals surface area contributed by atoms with Gasteiger partial charge >= 0.3 is 6.18 Å². The molecule has 0 spiro atoms. The Bertz CT molecular complexity index is 664. The lowest BCUT2D eigenvalue weighted by molar-refractivity contribution is -0.223. The van der Waals surface area contributed by atoms with E-state index in [4.69, 9.17) is 10.5 Å². The molecule has 0 saturated heterocycles. The standard InChI is InChI=1S/C14H15F3N4O2S/c15-14(16,17)12(9-4-2-1-3-5-9)23-8-10(22)19-7-6-11-20-21-13(18)24-11/h1-5,12H,6-8H2,(H2,18,21)(H,19,22). The maximum absolute atomic E-state index is 13.0. The van der Waals surface area contributed by atoms with Crippen LogP contribution in [-0.4, -0.2) is 35.4 Å². The average molecular weight is 360 g/mol. The first kappa shape index (κ1) is 18.1. The minimum Gasteiger partial charge on any atom is -0.374 e. The maximum atomic E-state index is 13.0. The molecule has 0 aliphatic heterocycles. The minimum atomic E-state index is -4.61. The summed E-state index contributed by atoms with van der Waals surface area (Å²) in [5, 5.41) is 10.8. The van der Waals surface area contributed by atoms with Gasteiger partial charge in [0.1, 0.15) is 11.6 Å². The van der Waals surface area contributed by atoms with Crippen LogP contribution in [0.15, 0.2) is 30.3 Å². The lowest BCUT2D eigenvalue weighted by atomic mass is 10.1. The molecule has 24 heavy (non-hydrogen) atoms. The number of benzene rings is 1. The number of hydrogen-bond donors (Lipinski definition) is 2. The highest BCUT2D eigenvalue weighted by Gasteiger charge is 2.42. The van der Waals surface area contributed by atoms with Crippen molar-refractivity contribution in [1.29, 1.82) is 0 Å². The number of amides is 1. The third-order valence-corrected chi connectivity index (χ3v) is 3.74. The zero-order valence-electron chi connectivity index (χ0n) is 12.4. The summed E-state index contributed by atoms with van der Waals surface area (Å²) < 4.78 is 43.9. The van der Waals surface area contributed by atoms with E-state index in [0.29, 0.717) is 16.6 Å². The molecule has 0 saturated carbocycles. The summed E-state index contributed by atoms with van der Waals surface area (Å²) in [5.41, 5.74) is 5.36. The number of hydrogen-bond acceptors (Lipinski definition) is 6. The molecule has 0 radical (unpaired) electrons. The van der Waals surface area contributed by atoms with Gasteiger partial charge in [0, 0.05) is 13.0 Å². The van der Waals surface area contributed by atoms with Crippen molar-refractivity contribution < 1.29 is 22.7 Å². The monoisotopic (exact) mass is 360 g/mol. The van der Waals surface area contributed by atoms with E-state index in [1.54, 1.807) is 6.07 Å². The number of nitrogens with zero attached hydrogens (tertiary/aromatic N) is 2. The Morgan fingerprint density at radius 1 is 1.29 bits per heavy atom. The van der Waals surface area contributed by atoms with Gasteiger partial charge in [0.05, 0.1) is 0 Å². The lowest BCUT2D eigenvalue weighted by Crippen LogP contribution is -2.32. The molecule has 10 heteroatoms. The Morgan fingerprint density at radius 3 is 2.58 bits per heavy atom. The van der Waals surface area contributed by atoms with Crippen molar-refractivity contribution in [2.75, 3.05) is 18.9 Å². The lowest BCUT2D eigenvalue weighted by Gasteiger charge is -2.21. The minimum absolute atomic E-state index is 0.0536. The fourth-order valence-corrected chi connectivity index (χ4v) is 2.50. The molecule has 1 aromatic carbocycles. The van der Waals surface area contributed by atoms with E-state index in [2.05, 4.69) is 15.5 Å². The van der Waals surface area contributed by atoms with Gasteiger partial charge < -0.3 is 15.8 Å². The van der Waals surface area contributed by atoms with Gasteiger partial charge in [-0.15, -0.1) is 10.2 Å². The van der Waals surface area contributed by atoms with Gasteiger partial charge in [-0.05, 0) is 5.56 Å². The second-order valence-corrected chi connectivity index (χ2v) is 5.87. The van der Waals surface area contributed by atoms with Crippen LogP contribution < -0.4 is 11.1 Å². The molecule has 1 amide bonds. The van der Waals surface area contributed by atoms with E-state index in [1.165, 1.54) is 35.6 Å². The smallest absolute Gasteiger partial charge is 0.374 e. The fourth-order valence-electron chi connectivity index (χ4n) is 1.89. The number of rotatable bonds is 7. The zero-order valence-corrected chi connectivity index (χ0v) is 13.2. The number of alkyl halides is 3. The van der Waals surface area contributed by atoms with Gasteiger partial charge in [0.15, 0.2) is 6.10 Å². The average Bonchev–Trinajstić information content (AvgIpc) is 2.93. The predicted molar refractivity (Wildman–Crippen MR) is 82.2 cm³/mol. The summed E-state index contributed by atoms with van der Waals surface area (Å²) in [6.07, 6.45) is -6.36. The number of anilines is 1. The number of nitrogens with two attached hydrogens (primary N) is 1. The first-order chi connectivity index (χ1) is 11.4. The van der Waals surface area contributed by atoms with Crippen LogP contribution >= 0.6 is 11.3 Å². The molecule has 130 valence electrons. The summed E-state index contributed by atoms with van der Waals surface area (Å²) in [4.78, 5) is 11.6. The van der Waals surface area contributed by atoms with Crippen LogP contribution in [0.2, 0.25) is 0 Å². The Morgan fingerprint density at radius 2 is 2.00 bits per heavy atom. The number of nitrogens with one attached hydrogen (secondary N) is 1. The van der Waals surface area contributed by atoms with Crippen LogP contribution in [0.4, 0.5) is 18.3 Å². The van der Waals surface area contributed by atoms with Gasteiger partial charge in [-0.25, -0.2) is 0 Å². The molecule has 1 atom stereocenters. The van der Waals surface area contributed by atoms with E-state index in [0.717, 1.165) is 0 Å². The fraction of sp³-hybridized carbons (Fsp3) is 0.357. The molecule has 3 N–H and O–H groups in total. The Balaban J connectivity index is 1.82. The van der Waals surface area contributed by atoms with Crippen LogP contribution in [0.3, 0.4) is 0 Å². The first-order valence-electron chi connectivity index (χ1n) is 6.94. The van der Waals surface area contributed by atoms with E-state index >= 15 is 0 Å². The van der Waals surface area contributed by atoms with E-state index in [-0.39, 0.29) is 12.1 Å². The van der Waals surface area contributed by atoms with Gasteiger partial charge in [-0.1, -0.05) is 41.7 Å². The summed E-state index contributed by atoms with van der Waals surface area (Å²) in [6, 6.07) is 7.16. The van der Waals surface area contributed by atoms with Crippen LogP contribution in [-0.2, 0) is 16.0 Å². The summed E-state index contributed by atoms with van der Waals surface area (Å²) in [7, 11) is 0. The molecule has 1 heterocycles. The molecule has 1 aromatic heterocycles. The highest BCUT2D eigenvalue weighted by Crippen LogP contribution is 2.35. The maximum Gasteiger partial charge on any atom is 0.418 e. The summed E-state index contributed by atoms with van der Waals surface area (Å²) in [6.45, 7) is -0.490. The van der Waals surface area contributed by atoms with Crippen molar-refractivity contribution in [2.24, 2.45) is 0 Å². The molecule has 1 unspecified atom stereocenters. The van der Waals surface area contributed by atoms with Crippen LogP contribution in [0, 0.1) is 0 Å². The molecule has 6 nitrogen and oxygen atoms in total. The number of aromatic nitrogens is 2. The third kappa shape index (κ3) is 5.46. The zero-order chi connectivity index (χ0) is 17.6. The Labute approximate surface area is 139 Å². The number of ether oxygens (including phenoxy) is 1. The topological polar surface area (TPSA) is 90.1 Å². The van der Waals surface area contributed by atoms with Crippen LogP contribution in [0.25, 0.3) is 0 Å². The molecule has 0 aliphatic rings. The Kier molecular flexibility index (Phi) is 6.10. The third-order valence-electron chi connectivity index (χ3n) is 2.92. The van der Waals surface area contributed by atoms with Crippen molar-refractivity contribution in [3.8, 4) is 0 Å². The second kappa shape index (κ2) is 8.06.